The summed E-state index contributed by atoms with van der Waals surface area (Å²) in [7, 11) is 2.91. The number of unbranched alkanes of at least 4 members (excludes halogenated alkanes) is 1. The summed E-state index contributed by atoms with van der Waals surface area (Å²) in [6.45, 7) is 6.20. The average molecular weight is 1980 g/mol. The standard InChI is InChI=1S/C26H36NP.C20H11F6N3O2.C17H17F3N4O2.C13H7ClF3N3O.C7H9BO2.C6H3BrClN3.C4H10O.N2/c1-27(2)25-19-11-9-17-23(25)24-18-10-12-20-26(24)28(21-13-5-3-6-14-21)22-15-7-4-8-16-22;21-19(22,23)30-14-5-1-3-12(9-14)16-7-8-18-27-11-17(29(18)28-16)13-4-2-6-15(10-13)31-20(24,25)26;1-2-12(10-25)22-15-6-7-16-21-9-14(24(16)23-15)11-4-3-5-13(8-11)26-17(18,19)20;14-11-4-5-12-18-7-10(20(12)19-11)8-2-1-3-9(6-8)21-13(15,16)17;1-6-3-2-4-7(5-6)8(9)10;7-4-3-9-6-2-1-5(8)10-11(4)6;1-2-3-4-5;1-2/h9-12,17-22H,3-8,13-16H2,1-2H3;1-11H;3-9,12,25H,2,10H2,1H3,(H,22,23);1-7H;2-5,9-10H,1H3;1-3H;5H,2-4H2,1H3;. The molecule has 5 N–H and O–H groups in total. The summed E-state index contributed by atoms with van der Waals surface area (Å²) in [6, 6.07) is 60.5. The summed E-state index contributed by atoms with van der Waals surface area (Å²) in [5.41, 5.74) is 13.4. The largest absolute Gasteiger partial charge is 0.573 e. The molecule has 8 heterocycles. The van der Waals surface area contributed by atoms with Gasteiger partial charge in [0.2, 0.25) is 0 Å². The van der Waals surface area contributed by atoms with Gasteiger partial charge in [-0.05, 0) is 192 Å². The molecule has 1 atom stereocenters. The number of imidazole rings is 4. The zero-order valence-corrected chi connectivity index (χ0v) is 76.7. The first-order valence-corrected chi connectivity index (χ1v) is 45.1. The molecule has 0 bridgehead atoms. The maximum absolute atomic E-state index is 12.5. The molecule has 24 nitrogen and oxygen atoms in total. The number of aliphatic hydroxyl groups excluding tert-OH is 2. The first-order chi connectivity index (χ1) is 64.0. The van der Waals surface area contributed by atoms with Crippen LogP contribution in [-0.2, 0) is 0 Å². The maximum atomic E-state index is 12.5. The lowest BCUT2D eigenvalue weighted by atomic mass is 9.80. The second-order valence-electron chi connectivity index (χ2n) is 30.4. The Bertz CT molecular complexity index is 6260. The number of nitrogens with zero attached hydrogens (tertiary/aromatic N) is 15. The Hall–Kier alpha value is -12.2. The molecular formula is C93H93BBrCl2F12N16O8P. The Labute approximate surface area is 783 Å². The highest BCUT2D eigenvalue weighted by Gasteiger charge is 2.37. The number of benzene rings is 7. The van der Waals surface area contributed by atoms with Gasteiger partial charge in [-0.25, -0.2) is 38.0 Å². The average Bonchev–Trinajstić information content (AvgIpc) is 1.58. The van der Waals surface area contributed by atoms with Crippen LogP contribution in [0.15, 0.2) is 248 Å². The van der Waals surface area contributed by atoms with Crippen LogP contribution in [-0.4, -0.2) is 156 Å². The molecule has 17 rings (SSSR count). The lowest BCUT2D eigenvalue weighted by molar-refractivity contribution is -0.275. The number of hydrogen-bond donors (Lipinski definition) is 5. The van der Waals surface area contributed by atoms with Crippen LogP contribution in [0.4, 0.5) is 64.2 Å². The van der Waals surface area contributed by atoms with E-state index in [-0.39, 0.29) is 37.2 Å². The van der Waals surface area contributed by atoms with E-state index < -0.39 is 44.1 Å². The third kappa shape index (κ3) is 30.9. The normalized spacial score (nSPS) is 13.1. The van der Waals surface area contributed by atoms with Gasteiger partial charge in [-0.15, -0.1) is 57.8 Å². The third-order valence-corrected chi connectivity index (χ3v) is 25.0. The topological polar surface area (TPSA) is 301 Å². The SMILES string of the molecule is CCC(CO)Nc1ccc2ncc(-c3cccc(OC(F)(F)F)c3)n2n1.CCCCO.CN(C)c1ccccc1-c1ccccc1P(C1CCCCC1)C1CCCCC1.Cc1cccc(B(O)O)c1.Clc1ccc2ncc(Br)n2n1.FC(F)(F)Oc1cccc(-c2ccc3ncc(-c4cccc(OC(F)(F)F)c4)n3n2)c1.FC(F)(F)Oc1cccc(-c2cnc3ccc(Cl)nn23)c1.N#N. The second kappa shape index (κ2) is 49.2. The number of hydrogen-bond acceptors (Lipinski definition) is 20. The van der Waals surface area contributed by atoms with Crippen molar-refractivity contribution < 1.29 is 91.9 Å². The van der Waals surface area contributed by atoms with E-state index in [1.54, 1.807) is 107 Å². The van der Waals surface area contributed by atoms with E-state index in [9.17, 15) is 57.8 Å². The van der Waals surface area contributed by atoms with Gasteiger partial charge < -0.3 is 49.4 Å². The molecule has 8 aromatic heterocycles. The van der Waals surface area contributed by atoms with Crippen molar-refractivity contribution in [2.24, 2.45) is 0 Å². The summed E-state index contributed by atoms with van der Waals surface area (Å²) in [5.74, 6) is -0.911. The Morgan fingerprint density at radius 1 is 0.478 bits per heavy atom. The molecule has 0 spiro atoms. The van der Waals surface area contributed by atoms with Crippen molar-refractivity contribution in [3.63, 3.8) is 0 Å². The van der Waals surface area contributed by atoms with Gasteiger partial charge in [-0.3, -0.25) is 0 Å². The maximum Gasteiger partial charge on any atom is 0.573 e. The van der Waals surface area contributed by atoms with Crippen LogP contribution >= 0.6 is 47.1 Å². The number of halogens is 15. The van der Waals surface area contributed by atoms with Crippen LogP contribution in [0, 0.1) is 17.7 Å². The number of para-hydroxylation sites is 1. The number of ether oxygens (including phenoxy) is 4. The van der Waals surface area contributed by atoms with Gasteiger partial charge >= 0.3 is 32.6 Å². The van der Waals surface area contributed by atoms with Crippen molar-refractivity contribution in [1.82, 2.24) is 58.4 Å². The van der Waals surface area contributed by atoms with Gasteiger partial charge in [-0.2, -0.15) is 15.3 Å². The fourth-order valence-electron chi connectivity index (χ4n) is 14.6. The molecule has 706 valence electrons. The summed E-state index contributed by atoms with van der Waals surface area (Å²) in [6.07, 6.45) is 4.28. The molecule has 2 saturated carbocycles. The summed E-state index contributed by atoms with van der Waals surface area (Å²) in [5, 5.41) is 69.2. The zero-order valence-electron chi connectivity index (χ0n) is 72.8. The first-order valence-electron chi connectivity index (χ1n) is 42.1. The van der Waals surface area contributed by atoms with Crippen molar-refractivity contribution >= 4 is 99.0 Å². The molecule has 0 amide bonds. The molecule has 0 aliphatic heterocycles. The highest BCUT2D eigenvalue weighted by Crippen LogP contribution is 2.57. The number of aliphatic hydroxyl groups is 2. The van der Waals surface area contributed by atoms with Crippen LogP contribution in [0.25, 0.3) is 78.7 Å². The predicted molar refractivity (Wildman–Crippen MR) is 496 cm³/mol. The fourth-order valence-corrected chi connectivity index (χ4v) is 19.2. The highest BCUT2D eigenvalue weighted by molar-refractivity contribution is 9.10. The zero-order chi connectivity index (χ0) is 96.9. The van der Waals surface area contributed by atoms with Crippen molar-refractivity contribution in [1.29, 1.82) is 10.8 Å². The monoisotopic (exact) mass is 1980 g/mol. The predicted octanol–water partition coefficient (Wildman–Crippen LogP) is 23.1. The summed E-state index contributed by atoms with van der Waals surface area (Å²) in [4.78, 5) is 18.8. The minimum Gasteiger partial charge on any atom is -0.423 e. The van der Waals surface area contributed by atoms with E-state index in [1.807, 2.05) is 19.9 Å². The molecule has 1 unspecified atom stereocenters. The van der Waals surface area contributed by atoms with Crippen LogP contribution < -0.4 is 39.9 Å². The quantitative estimate of drug-likeness (QED) is 0.0205. The molecule has 2 fully saturated rings. The first kappa shape index (κ1) is 104. The van der Waals surface area contributed by atoms with Gasteiger partial charge in [0.05, 0.1) is 60.2 Å². The van der Waals surface area contributed by atoms with Crippen molar-refractivity contribution in [3.05, 3.63) is 264 Å². The van der Waals surface area contributed by atoms with Gasteiger partial charge in [0.1, 0.15) is 43.7 Å². The Balaban J connectivity index is 0.000000169. The number of fused-ring (bicyclic) bond motifs is 4. The third-order valence-electron chi connectivity index (χ3n) is 20.5. The fraction of sp³-hybridized carbons (Fsp3) is 0.290. The van der Waals surface area contributed by atoms with Crippen molar-refractivity contribution in [3.8, 4) is 79.2 Å². The minimum atomic E-state index is -4.84. The molecule has 41 heteroatoms. The van der Waals surface area contributed by atoms with E-state index in [2.05, 4.69) is 155 Å². The summed E-state index contributed by atoms with van der Waals surface area (Å²) < 4.78 is 172. The van der Waals surface area contributed by atoms with E-state index in [4.69, 9.17) is 49.1 Å². The number of aryl methyl sites for hydroxylation is 1. The number of nitrogens with one attached hydrogen (secondary N) is 1. The molecule has 134 heavy (non-hydrogen) atoms. The van der Waals surface area contributed by atoms with Crippen molar-refractivity contribution in [2.45, 2.75) is 147 Å². The van der Waals surface area contributed by atoms with Crippen LogP contribution in [0.1, 0.15) is 103 Å². The lowest BCUT2D eigenvalue weighted by Crippen LogP contribution is -2.29. The highest BCUT2D eigenvalue weighted by atomic mass is 79.9. The van der Waals surface area contributed by atoms with E-state index in [0.29, 0.717) is 91.4 Å². The molecule has 0 saturated heterocycles. The van der Waals surface area contributed by atoms with E-state index in [0.717, 1.165) is 52.1 Å². The van der Waals surface area contributed by atoms with E-state index in [1.165, 1.54) is 174 Å². The molecular weight excluding hydrogens is 1890 g/mol. The van der Waals surface area contributed by atoms with Crippen LogP contribution in [0.2, 0.25) is 10.3 Å². The smallest absolute Gasteiger partial charge is 0.423 e. The second-order valence-corrected chi connectivity index (χ2v) is 34.7. The minimum absolute atomic E-state index is 0.0379. The van der Waals surface area contributed by atoms with Crippen LogP contribution in [0.3, 0.4) is 0 Å². The van der Waals surface area contributed by atoms with Gasteiger partial charge in [0.15, 0.2) is 22.6 Å². The Kier molecular flexibility index (Phi) is 38.1. The molecule has 2 aliphatic rings. The van der Waals surface area contributed by atoms with Crippen LogP contribution in [0.5, 0.6) is 23.0 Å². The number of alkyl halides is 12. The van der Waals surface area contributed by atoms with Gasteiger partial charge in [0.25, 0.3) is 0 Å². The van der Waals surface area contributed by atoms with Gasteiger partial charge in [-0.1, -0.05) is 211 Å². The number of rotatable bonds is 20. The summed E-state index contributed by atoms with van der Waals surface area (Å²) >= 11 is 14.8. The molecule has 0 radical (unpaired) electrons. The Morgan fingerprint density at radius 2 is 0.881 bits per heavy atom. The van der Waals surface area contributed by atoms with E-state index >= 15 is 0 Å². The lowest BCUT2D eigenvalue weighted by Gasteiger charge is -2.39. The molecule has 2 aliphatic carbocycles. The van der Waals surface area contributed by atoms with Crippen molar-refractivity contribution in [2.75, 3.05) is 37.5 Å². The Morgan fingerprint density at radius 3 is 1.31 bits per heavy atom. The van der Waals surface area contributed by atoms with Gasteiger partial charge in [0, 0.05) is 65.0 Å². The number of aromatic nitrogens is 12. The molecule has 7 aromatic carbocycles. The number of anilines is 2. The molecule has 15 aromatic rings.